The van der Waals surface area contributed by atoms with Crippen LogP contribution in [0, 0.1) is 18.8 Å². The van der Waals surface area contributed by atoms with E-state index in [4.69, 9.17) is 9.47 Å². The van der Waals surface area contributed by atoms with Crippen molar-refractivity contribution in [3.8, 4) is 0 Å². The van der Waals surface area contributed by atoms with E-state index >= 15 is 0 Å². The van der Waals surface area contributed by atoms with Crippen LogP contribution in [0.1, 0.15) is 45.7 Å². The molecule has 3 N–H and O–H groups in total. The smallest absolute Gasteiger partial charge is 0.311 e. The molecule has 0 unspecified atom stereocenters. The third-order valence-corrected chi connectivity index (χ3v) is 6.80. The van der Waals surface area contributed by atoms with Crippen LogP contribution in [-0.2, 0) is 14.3 Å². The lowest BCUT2D eigenvalue weighted by atomic mass is 9.99. The van der Waals surface area contributed by atoms with E-state index in [2.05, 4.69) is 15.3 Å². The van der Waals surface area contributed by atoms with E-state index in [0.29, 0.717) is 28.0 Å². The van der Waals surface area contributed by atoms with Gasteiger partial charge in [0, 0.05) is 6.04 Å². The minimum Gasteiger partial charge on any atom is -0.463 e. The molecule has 0 amide bonds. The van der Waals surface area contributed by atoms with Crippen LogP contribution in [0.4, 0.5) is 5.82 Å². The molecular weight excluding hydrogens is 424 g/mol. The third kappa shape index (κ3) is 4.32. The number of carbonyl (C=O) groups is 1. The van der Waals surface area contributed by atoms with E-state index < -0.39 is 30.5 Å². The second-order valence-electron chi connectivity index (χ2n) is 8.64. The van der Waals surface area contributed by atoms with E-state index in [0.717, 1.165) is 24.2 Å². The van der Waals surface area contributed by atoms with Crippen LogP contribution in [0.2, 0.25) is 0 Å². The van der Waals surface area contributed by atoms with Gasteiger partial charge in [-0.2, -0.15) is 0 Å². The number of ether oxygens (including phenoxy) is 2. The van der Waals surface area contributed by atoms with E-state index in [1.54, 1.807) is 13.8 Å². The van der Waals surface area contributed by atoms with Crippen LogP contribution < -0.4 is 10.2 Å². The summed E-state index contributed by atoms with van der Waals surface area (Å²) in [6.07, 6.45) is -2.71. The highest BCUT2D eigenvalue weighted by Gasteiger charge is 2.46. The summed E-state index contributed by atoms with van der Waals surface area (Å²) in [6.45, 7) is 7.10. The normalized spacial score (nSPS) is 27.1. The summed E-state index contributed by atoms with van der Waals surface area (Å²) in [7, 11) is 0. The number of anilines is 1. The number of aryl methyl sites for hydroxylation is 1. The number of rotatable bonds is 7. The molecule has 0 radical (unpaired) electrons. The lowest BCUT2D eigenvalue weighted by Crippen LogP contribution is -2.35. The van der Waals surface area contributed by atoms with Gasteiger partial charge in [-0.3, -0.25) is 14.2 Å². The van der Waals surface area contributed by atoms with Gasteiger partial charge in [0.2, 0.25) is 0 Å². The van der Waals surface area contributed by atoms with Crippen molar-refractivity contribution in [3.05, 3.63) is 15.5 Å². The molecule has 0 spiro atoms. The first-order valence-corrected chi connectivity index (χ1v) is 11.3. The number of nitrogens with one attached hydrogen (secondary N) is 1. The Morgan fingerprint density at radius 1 is 1.29 bits per heavy atom. The number of aromatic nitrogens is 3. The highest BCUT2D eigenvalue weighted by molar-refractivity contribution is 7.17. The number of hydrogen-bond donors (Lipinski definition) is 3. The maximum Gasteiger partial charge on any atom is 0.311 e. The summed E-state index contributed by atoms with van der Waals surface area (Å²) < 4.78 is 12.9. The summed E-state index contributed by atoms with van der Waals surface area (Å²) in [5.74, 6) is 0.466. The monoisotopic (exact) mass is 452 g/mol. The third-order valence-electron chi connectivity index (χ3n) is 5.85. The van der Waals surface area contributed by atoms with Crippen molar-refractivity contribution in [1.82, 2.24) is 14.5 Å². The number of aliphatic hydroxyl groups is 2. The van der Waals surface area contributed by atoms with Crippen LogP contribution in [0.5, 0.6) is 0 Å². The number of hydrogen-bond acceptors (Lipinski definition) is 10. The molecular formula is C20H28N4O6S. The fourth-order valence-electron chi connectivity index (χ4n) is 3.42. The summed E-state index contributed by atoms with van der Waals surface area (Å²) in [5.41, 5.74) is 0.341. The summed E-state index contributed by atoms with van der Waals surface area (Å²) in [5, 5.41) is 24.4. The van der Waals surface area contributed by atoms with Gasteiger partial charge in [-0.25, -0.2) is 9.97 Å². The highest BCUT2D eigenvalue weighted by Crippen LogP contribution is 2.35. The number of nitrogens with zero attached hydrogens (tertiary/aromatic N) is 3. The first-order valence-electron chi connectivity index (χ1n) is 10.5. The zero-order valence-electron chi connectivity index (χ0n) is 17.9. The Bertz CT molecular complexity index is 1030. The van der Waals surface area contributed by atoms with E-state index in [9.17, 15) is 19.8 Å². The lowest BCUT2D eigenvalue weighted by molar-refractivity contribution is -0.155. The fourth-order valence-corrected chi connectivity index (χ4v) is 4.32. The Hall–Kier alpha value is -2.08. The molecule has 31 heavy (non-hydrogen) atoms. The van der Waals surface area contributed by atoms with Crippen molar-refractivity contribution in [3.63, 3.8) is 0 Å². The van der Waals surface area contributed by atoms with E-state index in [1.165, 1.54) is 4.57 Å². The molecule has 1 aliphatic carbocycles. The Labute approximate surface area is 183 Å². The van der Waals surface area contributed by atoms with Crippen molar-refractivity contribution < 1.29 is 24.5 Å². The predicted octanol–water partition coefficient (Wildman–Crippen LogP) is 1.19. The van der Waals surface area contributed by atoms with Crippen LogP contribution in [0.15, 0.2) is 4.79 Å². The molecule has 2 fully saturated rings. The van der Waals surface area contributed by atoms with Crippen molar-refractivity contribution in [2.75, 3.05) is 11.9 Å². The second kappa shape index (κ2) is 8.45. The van der Waals surface area contributed by atoms with E-state index in [-0.39, 0.29) is 23.3 Å². The minimum absolute atomic E-state index is 0.109. The van der Waals surface area contributed by atoms with Gasteiger partial charge in [-0.05, 0) is 25.7 Å². The summed E-state index contributed by atoms with van der Waals surface area (Å²) in [6, 6.07) is 0.339. The molecule has 2 aromatic rings. The zero-order chi connectivity index (χ0) is 22.4. The molecule has 170 valence electrons. The Kier molecular flexibility index (Phi) is 6.03. The van der Waals surface area contributed by atoms with Crippen LogP contribution in [0.25, 0.3) is 10.3 Å². The molecule has 2 aromatic heterocycles. The number of fused-ring (bicyclic) bond motifs is 1. The number of esters is 1. The molecule has 1 aliphatic heterocycles. The van der Waals surface area contributed by atoms with Gasteiger partial charge < -0.3 is 25.0 Å². The van der Waals surface area contributed by atoms with Crippen LogP contribution in [-0.4, -0.2) is 61.7 Å². The molecule has 5 atom stereocenters. The molecule has 2 aliphatic rings. The molecule has 3 heterocycles. The minimum atomic E-state index is -1.38. The van der Waals surface area contributed by atoms with Gasteiger partial charge in [0.15, 0.2) is 11.9 Å². The topological polar surface area (TPSA) is 136 Å². The molecule has 10 nitrogen and oxygen atoms in total. The van der Waals surface area contributed by atoms with Gasteiger partial charge in [0.25, 0.3) is 0 Å². The quantitative estimate of drug-likeness (QED) is 0.529. The van der Waals surface area contributed by atoms with Crippen molar-refractivity contribution in [2.24, 2.45) is 11.8 Å². The molecule has 1 saturated heterocycles. The second-order valence-corrected chi connectivity index (χ2v) is 9.60. The largest absolute Gasteiger partial charge is 0.463 e. The standard InChI is InChI=1S/C20H28N4O6S/c1-8(2)9(3)19(27)29-7-12-13(25)14(26)18(30-12)24-17-15(31-20(24)28)16(21-10(4)22-17)23-11-5-6-11/h8-9,11-14,18,25-26H,5-7H2,1-4H3,(H,21,22,23)/t9-,12+,13+,14+,18+/m0/s1. The van der Waals surface area contributed by atoms with Gasteiger partial charge in [0.1, 0.15) is 41.3 Å². The number of aliphatic hydroxyl groups excluding tert-OH is 2. The van der Waals surface area contributed by atoms with Gasteiger partial charge in [0.05, 0.1) is 5.92 Å². The maximum atomic E-state index is 12.8. The molecule has 0 bridgehead atoms. The molecule has 11 heteroatoms. The molecule has 0 aromatic carbocycles. The Morgan fingerprint density at radius 2 is 2.00 bits per heavy atom. The maximum absolute atomic E-state index is 12.8. The average Bonchev–Trinajstić information content (AvgIpc) is 3.41. The van der Waals surface area contributed by atoms with Crippen molar-refractivity contribution >= 4 is 33.5 Å². The van der Waals surface area contributed by atoms with Gasteiger partial charge in [-0.15, -0.1) is 0 Å². The first-order chi connectivity index (χ1) is 14.7. The Morgan fingerprint density at radius 3 is 2.65 bits per heavy atom. The lowest BCUT2D eigenvalue weighted by Gasteiger charge is -2.18. The zero-order valence-corrected chi connectivity index (χ0v) is 18.8. The van der Waals surface area contributed by atoms with Crippen molar-refractivity contribution in [2.45, 2.75) is 71.1 Å². The predicted molar refractivity (Wildman–Crippen MR) is 114 cm³/mol. The SMILES string of the molecule is Cc1nc(NC2CC2)c2sc(=O)n([C@@H]3O[C@H](COC(=O)[C@@H](C)C(C)C)[C@@H](O)[C@H]3O)c2n1. The van der Waals surface area contributed by atoms with Crippen LogP contribution >= 0.6 is 11.3 Å². The summed E-state index contributed by atoms with van der Waals surface area (Å²) >= 11 is 0.962. The van der Waals surface area contributed by atoms with Gasteiger partial charge >= 0.3 is 10.8 Å². The van der Waals surface area contributed by atoms with E-state index in [1.807, 2.05) is 13.8 Å². The molecule has 4 rings (SSSR count). The average molecular weight is 453 g/mol. The van der Waals surface area contributed by atoms with Crippen LogP contribution in [0.3, 0.4) is 0 Å². The number of thiazole rings is 1. The fraction of sp³-hybridized carbons (Fsp3) is 0.700. The molecule has 1 saturated carbocycles. The van der Waals surface area contributed by atoms with Crippen molar-refractivity contribution in [1.29, 1.82) is 0 Å². The Balaban J connectivity index is 1.58. The highest BCUT2D eigenvalue weighted by atomic mass is 32.1. The first kappa shape index (κ1) is 22.1. The number of carbonyl (C=O) groups excluding carboxylic acids is 1. The summed E-state index contributed by atoms with van der Waals surface area (Å²) in [4.78, 5) is 33.4. The van der Waals surface area contributed by atoms with Gasteiger partial charge in [-0.1, -0.05) is 32.1 Å².